The third kappa shape index (κ3) is 3.67. The molecule has 0 radical (unpaired) electrons. The van der Waals surface area contributed by atoms with Crippen molar-refractivity contribution in [3.05, 3.63) is 127 Å². The lowest BCUT2D eigenvalue weighted by Gasteiger charge is -2.36. The summed E-state index contributed by atoms with van der Waals surface area (Å²) in [5, 5.41) is 2.35. The number of imidazole rings is 1. The largest absolute Gasteiger partial charge is 0.457 e. The molecule has 202 valence electrons. The highest BCUT2D eigenvalue weighted by molar-refractivity contribution is 6.77. The standard InChI is InChI=1S/C35H28BN5O/c1-23-9-8-10-24(2)34(23)36-39(3)30-17-15-25(21-29(30)35-38-19-20-40(35)36)42-26-14-16-28-27-11-4-5-12-31(27)41(32(28)22-26)33-13-6-7-18-37-33/h4-22H,1-3H3. The van der Waals surface area contributed by atoms with E-state index in [4.69, 9.17) is 9.72 Å². The topological polar surface area (TPSA) is 48.1 Å². The van der Waals surface area contributed by atoms with Crippen molar-refractivity contribution < 1.29 is 4.74 Å². The maximum absolute atomic E-state index is 6.53. The van der Waals surface area contributed by atoms with Gasteiger partial charge in [-0.3, -0.25) is 4.57 Å². The normalized spacial score (nSPS) is 12.5. The van der Waals surface area contributed by atoms with Crippen molar-refractivity contribution in [3.63, 3.8) is 0 Å². The van der Waals surface area contributed by atoms with Crippen LogP contribution in [0.2, 0.25) is 0 Å². The number of pyridine rings is 1. The van der Waals surface area contributed by atoms with Crippen LogP contribution in [0.4, 0.5) is 5.69 Å². The molecule has 0 saturated heterocycles. The molecule has 42 heavy (non-hydrogen) atoms. The van der Waals surface area contributed by atoms with Gasteiger partial charge in [0.15, 0.2) is 0 Å². The van der Waals surface area contributed by atoms with Gasteiger partial charge in [-0.05, 0) is 74.9 Å². The van der Waals surface area contributed by atoms with Crippen molar-refractivity contribution in [1.29, 1.82) is 0 Å². The predicted octanol–water partition coefficient (Wildman–Crippen LogP) is 7.14. The van der Waals surface area contributed by atoms with Gasteiger partial charge in [0.25, 0.3) is 0 Å². The summed E-state index contributed by atoms with van der Waals surface area (Å²) in [7, 11) is 2.16. The fourth-order valence-electron chi connectivity index (χ4n) is 6.55. The highest BCUT2D eigenvalue weighted by Gasteiger charge is 2.36. The molecule has 0 unspecified atom stereocenters. The summed E-state index contributed by atoms with van der Waals surface area (Å²) >= 11 is 0. The van der Waals surface area contributed by atoms with E-state index in [-0.39, 0.29) is 6.98 Å². The van der Waals surface area contributed by atoms with Crippen LogP contribution in [0.25, 0.3) is 39.0 Å². The Morgan fingerprint density at radius 1 is 0.690 bits per heavy atom. The van der Waals surface area contributed by atoms with Crippen LogP contribution in [-0.2, 0) is 0 Å². The first-order valence-corrected chi connectivity index (χ1v) is 14.2. The lowest BCUT2D eigenvalue weighted by atomic mass is 9.60. The second-order valence-corrected chi connectivity index (χ2v) is 10.9. The minimum atomic E-state index is 0.0268. The average Bonchev–Trinajstić information content (AvgIpc) is 3.62. The van der Waals surface area contributed by atoms with E-state index >= 15 is 0 Å². The molecule has 0 bridgehead atoms. The first-order chi connectivity index (χ1) is 20.6. The van der Waals surface area contributed by atoms with Crippen LogP contribution in [0, 0.1) is 13.8 Å². The summed E-state index contributed by atoms with van der Waals surface area (Å²) in [4.78, 5) is 11.8. The summed E-state index contributed by atoms with van der Waals surface area (Å²) in [6.45, 7) is 4.39. The molecule has 0 saturated carbocycles. The Labute approximate surface area is 244 Å². The highest BCUT2D eigenvalue weighted by Crippen LogP contribution is 2.40. The fourth-order valence-corrected chi connectivity index (χ4v) is 6.55. The lowest BCUT2D eigenvalue weighted by Crippen LogP contribution is -2.56. The molecule has 4 aromatic carbocycles. The zero-order valence-corrected chi connectivity index (χ0v) is 23.7. The molecule has 1 aliphatic heterocycles. The summed E-state index contributed by atoms with van der Waals surface area (Å²) in [5.74, 6) is 3.35. The van der Waals surface area contributed by atoms with E-state index in [0.29, 0.717) is 0 Å². The SMILES string of the molecule is Cc1cccc(C)c1B1N(C)c2ccc(Oc3ccc4c5ccccc5n(-c5ccccn5)c4c3)cc2-c2nccn21. The molecule has 3 aromatic heterocycles. The van der Waals surface area contributed by atoms with E-state index in [1.54, 1.807) is 0 Å². The van der Waals surface area contributed by atoms with Gasteiger partial charge in [-0.25, -0.2) is 9.97 Å². The molecule has 7 heteroatoms. The Kier molecular flexibility index (Phi) is 5.47. The van der Waals surface area contributed by atoms with Gasteiger partial charge >= 0.3 is 6.98 Å². The molecular formula is C35H28BN5O. The fraction of sp³-hybridized carbons (Fsp3) is 0.0857. The van der Waals surface area contributed by atoms with Crippen molar-refractivity contribution in [2.24, 2.45) is 0 Å². The molecule has 6 nitrogen and oxygen atoms in total. The molecule has 1 aliphatic rings. The number of rotatable bonds is 4. The minimum Gasteiger partial charge on any atom is -0.457 e. The molecule has 4 heterocycles. The Balaban J connectivity index is 1.21. The zero-order chi connectivity index (χ0) is 28.4. The number of para-hydroxylation sites is 1. The Morgan fingerprint density at radius 3 is 2.29 bits per heavy atom. The van der Waals surface area contributed by atoms with E-state index < -0.39 is 0 Å². The van der Waals surface area contributed by atoms with Crippen molar-refractivity contribution >= 4 is 39.9 Å². The van der Waals surface area contributed by atoms with Crippen molar-refractivity contribution in [2.75, 3.05) is 11.9 Å². The zero-order valence-electron chi connectivity index (χ0n) is 23.7. The second-order valence-electron chi connectivity index (χ2n) is 10.9. The maximum atomic E-state index is 6.53. The molecular weight excluding hydrogens is 517 g/mol. The number of fused-ring (bicyclic) bond motifs is 6. The van der Waals surface area contributed by atoms with Gasteiger partial charge in [0.05, 0.1) is 11.0 Å². The van der Waals surface area contributed by atoms with Gasteiger partial charge in [-0.2, -0.15) is 0 Å². The molecule has 0 spiro atoms. The second kappa shape index (κ2) is 9.38. The van der Waals surface area contributed by atoms with E-state index in [0.717, 1.165) is 50.8 Å². The van der Waals surface area contributed by atoms with E-state index in [1.807, 2.05) is 42.7 Å². The predicted molar refractivity (Wildman–Crippen MR) is 171 cm³/mol. The molecule has 0 atom stereocenters. The Hall–Kier alpha value is -5.30. The number of hydrogen-bond donors (Lipinski definition) is 0. The van der Waals surface area contributed by atoms with Crippen LogP contribution >= 0.6 is 0 Å². The molecule has 7 aromatic rings. The molecule has 0 N–H and O–H groups in total. The summed E-state index contributed by atoms with van der Waals surface area (Å²) in [5.41, 5.74) is 8.19. The van der Waals surface area contributed by atoms with E-state index in [9.17, 15) is 0 Å². The number of hydrogen-bond acceptors (Lipinski definition) is 4. The number of ether oxygens (including phenoxy) is 1. The monoisotopic (exact) mass is 545 g/mol. The Morgan fingerprint density at radius 2 is 1.45 bits per heavy atom. The molecule has 0 amide bonds. The number of aryl methyl sites for hydroxylation is 2. The molecule has 0 fully saturated rings. The van der Waals surface area contributed by atoms with E-state index in [1.165, 1.54) is 22.0 Å². The maximum Gasteiger partial charge on any atom is 0.417 e. The number of benzene rings is 4. The van der Waals surface area contributed by atoms with Gasteiger partial charge in [-0.15, -0.1) is 0 Å². The van der Waals surface area contributed by atoms with Crippen molar-refractivity contribution in [1.82, 2.24) is 19.0 Å². The summed E-state index contributed by atoms with van der Waals surface area (Å²) < 4.78 is 11.0. The number of nitrogens with zero attached hydrogens (tertiary/aromatic N) is 5. The highest BCUT2D eigenvalue weighted by atomic mass is 16.5. The molecule has 0 aliphatic carbocycles. The summed E-state index contributed by atoms with van der Waals surface area (Å²) in [6, 6.07) is 33.5. The van der Waals surface area contributed by atoms with Crippen molar-refractivity contribution in [2.45, 2.75) is 13.8 Å². The van der Waals surface area contributed by atoms with Crippen LogP contribution in [0.5, 0.6) is 11.5 Å². The van der Waals surface area contributed by atoms with Crippen LogP contribution in [0.1, 0.15) is 11.1 Å². The Bertz CT molecular complexity index is 2110. The average molecular weight is 545 g/mol. The van der Waals surface area contributed by atoms with Gasteiger partial charge in [0.2, 0.25) is 0 Å². The third-order valence-electron chi connectivity index (χ3n) is 8.45. The van der Waals surface area contributed by atoms with Gasteiger partial charge in [0.1, 0.15) is 23.1 Å². The third-order valence-corrected chi connectivity index (χ3v) is 8.45. The summed E-state index contributed by atoms with van der Waals surface area (Å²) in [6.07, 6.45) is 5.79. The lowest BCUT2D eigenvalue weighted by molar-refractivity contribution is 0.483. The number of aromatic nitrogens is 4. The first kappa shape index (κ1) is 24.5. The quantitative estimate of drug-likeness (QED) is 0.221. The van der Waals surface area contributed by atoms with Gasteiger partial charge in [-0.1, -0.05) is 53.6 Å². The van der Waals surface area contributed by atoms with Gasteiger partial charge in [0, 0.05) is 46.7 Å². The van der Waals surface area contributed by atoms with Crippen molar-refractivity contribution in [3.8, 4) is 28.7 Å². The van der Waals surface area contributed by atoms with Crippen LogP contribution in [-0.4, -0.2) is 33.0 Å². The number of anilines is 1. The minimum absolute atomic E-state index is 0.0268. The van der Waals surface area contributed by atoms with Crippen LogP contribution < -0.4 is 15.0 Å². The van der Waals surface area contributed by atoms with Gasteiger partial charge < -0.3 is 14.0 Å². The van der Waals surface area contributed by atoms with Crippen LogP contribution in [0.15, 0.2) is 116 Å². The van der Waals surface area contributed by atoms with E-state index in [2.05, 4.69) is 113 Å². The molecule has 8 rings (SSSR count). The van der Waals surface area contributed by atoms with Crippen LogP contribution in [0.3, 0.4) is 0 Å². The smallest absolute Gasteiger partial charge is 0.417 e. The first-order valence-electron chi connectivity index (χ1n) is 14.2.